The average molecular weight is 669 g/mol. The van der Waals surface area contributed by atoms with Gasteiger partial charge in [0.15, 0.2) is 0 Å². The molecular formula is C32H26Cl2N2O2Te+2. The number of hydrogen-bond acceptors (Lipinski definition) is 2. The summed E-state index contributed by atoms with van der Waals surface area (Å²) in [7, 11) is 16.3. The van der Waals surface area contributed by atoms with Crippen LogP contribution in [0.25, 0.3) is 21.5 Å². The van der Waals surface area contributed by atoms with E-state index < -0.39 is 14.6 Å². The fourth-order valence-electron chi connectivity index (χ4n) is 6.52. The summed E-state index contributed by atoms with van der Waals surface area (Å²) >= 11 is -6.50. The van der Waals surface area contributed by atoms with E-state index in [-0.39, 0.29) is 0 Å². The van der Waals surface area contributed by atoms with Crippen molar-refractivity contribution in [1.29, 1.82) is 0 Å². The van der Waals surface area contributed by atoms with Crippen molar-refractivity contribution in [1.82, 2.24) is 0 Å². The van der Waals surface area contributed by atoms with Gasteiger partial charge in [-0.25, -0.2) is 0 Å². The van der Waals surface area contributed by atoms with Crippen molar-refractivity contribution in [3.8, 4) is 11.5 Å². The Kier molecular flexibility index (Phi) is 4.25. The first-order valence-electron chi connectivity index (χ1n) is 12.9. The minimum absolute atomic E-state index is 0.653. The fourth-order valence-corrected chi connectivity index (χ4v) is 21.0. The van der Waals surface area contributed by atoms with E-state index in [4.69, 9.17) is 24.1 Å². The van der Waals surface area contributed by atoms with Gasteiger partial charge in [0.1, 0.15) is 0 Å². The van der Waals surface area contributed by atoms with Crippen molar-refractivity contribution < 1.29 is 11.9 Å². The van der Waals surface area contributed by atoms with Gasteiger partial charge in [0.25, 0.3) is 0 Å². The van der Waals surface area contributed by atoms with Gasteiger partial charge < -0.3 is 0 Å². The predicted octanol–water partition coefficient (Wildman–Crippen LogP) is 8.37. The second-order valence-corrected chi connectivity index (χ2v) is 30.2. The molecule has 0 bridgehead atoms. The maximum atomic E-state index is 8.13. The van der Waals surface area contributed by atoms with E-state index in [1.807, 2.05) is 31.9 Å². The third kappa shape index (κ3) is 2.77. The van der Waals surface area contributed by atoms with Gasteiger partial charge in [0.2, 0.25) is 0 Å². The van der Waals surface area contributed by atoms with Crippen molar-refractivity contribution in [2.75, 3.05) is 0 Å². The molecule has 0 aliphatic carbocycles. The second kappa shape index (κ2) is 6.97. The topological polar surface area (TPSA) is 24.5 Å². The Labute approximate surface area is 233 Å². The predicted molar refractivity (Wildman–Crippen MR) is 162 cm³/mol. The van der Waals surface area contributed by atoms with Crippen molar-refractivity contribution in [3.63, 3.8) is 0 Å². The zero-order chi connectivity index (χ0) is 27.0. The Balaban J connectivity index is 1.65. The van der Waals surface area contributed by atoms with Gasteiger partial charge in [0, 0.05) is 0 Å². The Hall–Kier alpha value is -3.07. The third-order valence-corrected chi connectivity index (χ3v) is 22.8. The molecule has 3 heterocycles. The van der Waals surface area contributed by atoms with Crippen LogP contribution in [0.1, 0.15) is 33.4 Å². The Morgan fingerprint density at radius 2 is 0.949 bits per heavy atom. The summed E-state index contributed by atoms with van der Waals surface area (Å²) in [4.78, 5) is 0. The van der Waals surface area contributed by atoms with E-state index in [0.29, 0.717) is 11.5 Å². The first-order valence-corrected chi connectivity index (χ1v) is 22.8. The molecule has 5 aromatic carbocycles. The first-order chi connectivity index (χ1) is 18.5. The maximum absolute atomic E-state index is 8.13. The molecule has 0 atom stereocenters. The molecule has 0 unspecified atom stereocenters. The molecule has 0 radical (unpaired) electrons. The number of halogens is 2. The van der Waals surface area contributed by atoms with Gasteiger partial charge in [-0.1, -0.05) is 0 Å². The molecule has 194 valence electrons. The van der Waals surface area contributed by atoms with Crippen molar-refractivity contribution in [3.05, 3.63) is 106 Å². The van der Waals surface area contributed by atoms with Crippen LogP contribution in [0.15, 0.2) is 72.8 Å². The van der Waals surface area contributed by atoms with Gasteiger partial charge >= 0.3 is 235 Å². The number of rotatable bonds is 0. The first kappa shape index (κ1) is 23.8. The van der Waals surface area contributed by atoms with Gasteiger partial charge in [0.05, 0.1) is 0 Å². The monoisotopic (exact) mass is 670 g/mol. The molecule has 8 rings (SSSR count). The van der Waals surface area contributed by atoms with Gasteiger partial charge in [-0.3, -0.25) is 0 Å². The van der Waals surface area contributed by atoms with E-state index in [1.165, 1.54) is 0 Å². The molecule has 0 saturated heterocycles. The van der Waals surface area contributed by atoms with E-state index in [0.717, 1.165) is 66.3 Å². The van der Waals surface area contributed by atoms with Crippen LogP contribution in [0.4, 0.5) is 11.4 Å². The summed E-state index contributed by atoms with van der Waals surface area (Å²) < 4.78 is 18.2. The van der Waals surface area contributed by atoms with Gasteiger partial charge in [-0.15, -0.1) is 0 Å². The quantitative estimate of drug-likeness (QED) is 0.122. The zero-order valence-corrected chi connectivity index (χ0v) is 25.8. The van der Waals surface area contributed by atoms with Crippen LogP contribution in [-0.2, 0) is 0 Å². The number of nitrogens with zero attached hydrogens (tertiary/aromatic N) is 2. The van der Waals surface area contributed by atoms with E-state index in [1.54, 1.807) is 0 Å². The van der Waals surface area contributed by atoms with Crippen LogP contribution in [0, 0.1) is 27.7 Å². The fraction of sp³-hybridized carbons (Fsp3) is 0.125. The van der Waals surface area contributed by atoms with Crippen molar-refractivity contribution in [2.45, 2.75) is 27.7 Å². The van der Waals surface area contributed by atoms with Crippen LogP contribution < -0.4 is 6.20 Å². The summed E-state index contributed by atoms with van der Waals surface area (Å²) in [5.41, 5.74) is 7.81. The third-order valence-electron chi connectivity index (χ3n) is 8.03. The number of aryl methyl sites for hydroxylation is 4. The van der Waals surface area contributed by atoms with Crippen molar-refractivity contribution in [2.24, 2.45) is 0 Å². The normalized spacial score (nSPS) is 20.3. The van der Waals surface area contributed by atoms with Gasteiger partial charge in [-0.05, 0) is 0 Å². The van der Waals surface area contributed by atoms with Crippen LogP contribution in [0.2, 0.25) is 0 Å². The minimum atomic E-state index is -6.50. The molecule has 5 aromatic rings. The molecule has 3 aliphatic rings. The van der Waals surface area contributed by atoms with Crippen LogP contribution in [-0.4, -0.2) is 32.6 Å². The van der Waals surface area contributed by atoms with E-state index in [2.05, 4.69) is 86.6 Å². The van der Waals surface area contributed by atoms with Crippen LogP contribution >= 0.6 is 17.9 Å². The zero-order valence-electron chi connectivity index (χ0n) is 22.0. The number of fused-ring (bicyclic) bond motifs is 10. The second-order valence-electron chi connectivity index (χ2n) is 10.9. The van der Waals surface area contributed by atoms with Gasteiger partial charge in [-0.2, -0.15) is 0 Å². The summed E-state index contributed by atoms with van der Waals surface area (Å²) in [6.45, 7) is 8.22. The number of benzene rings is 5. The molecule has 1 spiro atoms. The molecule has 0 aromatic heterocycles. The molecule has 3 aliphatic heterocycles. The standard InChI is InChI=1S/C32H26Cl2N2O2Te/c1-19-13-21(3)31-23(15-19)17-35-29-27-11-7-5-9-25(27)26-10-6-8-12-28(26)30(29)36-18-24-16-20(2)14-22(4)32(24)38-39(35,36,33,34)37-31/h5-18H,1-4H3/q+2. The summed E-state index contributed by atoms with van der Waals surface area (Å²) in [5, 5.41) is 4.31. The van der Waals surface area contributed by atoms with E-state index in [9.17, 15) is 0 Å². The van der Waals surface area contributed by atoms with Crippen LogP contribution in [0.3, 0.4) is 0 Å². The molecule has 0 N–H and O–H groups in total. The Morgan fingerprint density at radius 3 is 1.36 bits per heavy atom. The molecular weight excluding hydrogens is 643 g/mol. The summed E-state index contributed by atoms with van der Waals surface area (Å²) in [6, 6.07) is 25.2. The molecule has 39 heavy (non-hydrogen) atoms. The average Bonchev–Trinajstić information content (AvgIpc) is 3.09. The molecule has 7 heteroatoms. The molecule has 0 fully saturated rings. The SMILES string of the molecule is Cc1cc(C)c2c(c1)C=[N+]1c3c(c4ccccc4c4ccccc34)[N+]3=Cc4cc(C)cc(C)c4O[Te]13(Cl)(Cl)O2. The Morgan fingerprint density at radius 1 is 0.564 bits per heavy atom. The summed E-state index contributed by atoms with van der Waals surface area (Å²) in [6.07, 6.45) is 4.10. The molecule has 4 nitrogen and oxygen atoms in total. The van der Waals surface area contributed by atoms with E-state index >= 15 is 0 Å². The van der Waals surface area contributed by atoms with Crippen molar-refractivity contribution >= 4 is 77.8 Å². The Bertz CT molecular complexity index is 1950. The summed E-state index contributed by atoms with van der Waals surface area (Å²) in [5.74, 6) is 1.31. The van der Waals surface area contributed by atoms with Crippen LogP contribution in [0.5, 0.6) is 11.5 Å². The number of hydrogen-bond donors (Lipinski definition) is 0. The molecule has 0 saturated carbocycles. The molecule has 0 amide bonds.